The molecule has 0 amide bonds. The van der Waals surface area contributed by atoms with Gasteiger partial charge in [0.2, 0.25) is 0 Å². The van der Waals surface area contributed by atoms with E-state index in [1.165, 1.54) is 121 Å². The first-order chi connectivity index (χ1) is 49.7. The molecule has 12 saturated carbocycles. The predicted molar refractivity (Wildman–Crippen MR) is 394 cm³/mol. The van der Waals surface area contributed by atoms with Gasteiger partial charge in [0, 0.05) is 105 Å². The van der Waals surface area contributed by atoms with Crippen molar-refractivity contribution in [2.75, 3.05) is 46.4 Å². The highest BCUT2D eigenvalue weighted by Gasteiger charge is 2.57. The number of aromatic amines is 3. The number of fused-ring (bicyclic) bond motifs is 3. The summed E-state index contributed by atoms with van der Waals surface area (Å²) >= 11 is 5.40. The monoisotopic (exact) mass is 1420 g/mol. The minimum Gasteiger partial charge on any atom is -0.400 e. The third-order valence-electron chi connectivity index (χ3n) is 26.7. The number of nitrogens with zero attached hydrogens (tertiary/aromatic N) is 15. The molecule has 1 aromatic carbocycles. The van der Waals surface area contributed by atoms with Crippen LogP contribution in [0.1, 0.15) is 214 Å². The van der Waals surface area contributed by atoms with E-state index in [1.807, 2.05) is 19.6 Å². The molecule has 6 atom stereocenters. The Morgan fingerprint density at radius 2 is 0.767 bits per heavy atom. The van der Waals surface area contributed by atoms with Crippen LogP contribution in [0.4, 0.5) is 0 Å². The van der Waals surface area contributed by atoms with Crippen LogP contribution < -0.4 is 22.0 Å². The molecule has 3 aliphatic heterocycles. The van der Waals surface area contributed by atoms with Gasteiger partial charge in [-0.05, 0) is 211 Å². The van der Waals surface area contributed by atoms with E-state index in [4.69, 9.17) is 47.0 Å². The summed E-state index contributed by atoms with van der Waals surface area (Å²) < 4.78 is 5.80. The lowest BCUT2D eigenvalue weighted by molar-refractivity contribution is -0.0102. The average Bonchev–Trinajstić information content (AvgIpc) is 1.71. The van der Waals surface area contributed by atoms with Gasteiger partial charge in [0.25, 0.3) is 16.7 Å². The van der Waals surface area contributed by atoms with Gasteiger partial charge in [-0.2, -0.15) is 15.3 Å². The van der Waals surface area contributed by atoms with Crippen LogP contribution in [0.3, 0.4) is 0 Å². The SMILES string of the molecule is C.CC1CN(Cc2ccccc2)CC1c1nn2c(C34CC5CC(CC(C5)C3)C4)ncc2c(=O)[nH]1.CC1CN(Cc2ncccn2)CC1c1nn2c(C34CC5CC(CC(C5)C3)C4)ncc2c(=O)[nH]1.CC1CNCC1c1nn2c(C34CC5CC(CC(C5)C3)C4)ncc2c(=O)[nH]1.CO.ClCc1ncccn1. The van der Waals surface area contributed by atoms with Crippen molar-refractivity contribution in [3.63, 3.8) is 0 Å². The van der Waals surface area contributed by atoms with Crippen molar-refractivity contribution in [3.05, 3.63) is 169 Å². The zero-order valence-electron chi connectivity index (χ0n) is 59.6. The van der Waals surface area contributed by atoms with Crippen LogP contribution in [0.2, 0.25) is 0 Å². The zero-order chi connectivity index (χ0) is 69.6. The summed E-state index contributed by atoms with van der Waals surface area (Å²) in [4.78, 5) is 84.1. The Morgan fingerprint density at radius 3 is 1.10 bits per heavy atom. The summed E-state index contributed by atoms with van der Waals surface area (Å²) in [5, 5.41) is 25.5. The molecule has 24 heteroatoms. The standard InChI is InChI=1S/C27H33N5O.C25H31N7O.C20H27N5O.C5H5ClN2.CH4O.CH4/c1-17-14-31(15-18-5-3-2-4-6-18)16-22(17)24-29-25(33)23-13-28-26(32(23)30-24)27-10-19-7-20(11-27)9-21(8-19)12-27;1-15-12-31(14-21-26-3-2-4-27-21)13-19(15)22-29-23(33)20-11-28-24(32(20)30-22)25-8-16-5-17(9-25)7-18(6-16)10-25;1-11-8-21-9-15(11)17-23-18(26)16-10-22-19(25(16)24-17)20-5-12-2-13(6-20)4-14(3-12)7-20;6-4-5-7-2-1-3-8-5;1-2;/h2-6,13,17,19-22H,7-12,14-16H2,1H3,(H,29,30,33);2-4,11,15-19H,5-10,12-14H2,1H3,(H,29,30,33);10-15,21H,2-9H2,1H3,(H,23,24,26);1-3H,4H2;2H,1H3;1H4. The molecule has 11 heterocycles. The number of hydrogen-bond acceptors (Lipinski definition) is 17. The number of aliphatic hydroxyl groups is 1. The third-order valence-corrected chi connectivity index (χ3v) is 27.0. The molecule has 8 aromatic heterocycles. The number of rotatable bonds is 11. The number of aliphatic hydroxyl groups excluding tert-OH is 1. The normalized spacial score (nSPS) is 34.0. The molecule has 24 rings (SSSR count). The van der Waals surface area contributed by atoms with Crippen LogP contribution in [-0.4, -0.2) is 140 Å². The van der Waals surface area contributed by atoms with Crippen LogP contribution >= 0.6 is 11.6 Å². The van der Waals surface area contributed by atoms with E-state index in [-0.39, 0.29) is 58.1 Å². The van der Waals surface area contributed by atoms with E-state index < -0.39 is 0 Å². The Morgan fingerprint density at radius 1 is 0.427 bits per heavy atom. The summed E-state index contributed by atoms with van der Waals surface area (Å²) in [5.41, 5.74) is 3.37. The van der Waals surface area contributed by atoms with Gasteiger partial charge in [0.05, 0.1) is 31.0 Å². The maximum Gasteiger partial charge on any atom is 0.276 e. The molecular formula is C79H104ClN19O4. The highest BCUT2D eigenvalue weighted by molar-refractivity contribution is 6.16. The number of alkyl halides is 1. The van der Waals surface area contributed by atoms with Crippen LogP contribution in [0.25, 0.3) is 16.6 Å². The molecule has 0 spiro atoms. The molecule has 9 aromatic rings. The van der Waals surface area contributed by atoms with E-state index in [1.54, 1.807) is 49.4 Å². The Labute approximate surface area is 607 Å². The summed E-state index contributed by atoms with van der Waals surface area (Å²) in [5.74, 6) is 17.1. The molecule has 12 aliphatic carbocycles. The van der Waals surface area contributed by atoms with Gasteiger partial charge in [-0.1, -0.05) is 58.5 Å². The van der Waals surface area contributed by atoms with Crippen molar-refractivity contribution < 1.29 is 5.11 Å². The van der Waals surface area contributed by atoms with Gasteiger partial charge in [0.1, 0.15) is 46.6 Å². The van der Waals surface area contributed by atoms with E-state index in [0.717, 1.165) is 153 Å². The highest BCUT2D eigenvalue weighted by Crippen LogP contribution is 2.63. The molecule has 5 N–H and O–H groups in total. The van der Waals surface area contributed by atoms with E-state index >= 15 is 0 Å². The number of imidazole rings is 3. The van der Waals surface area contributed by atoms with Gasteiger partial charge in [-0.15, -0.1) is 11.6 Å². The van der Waals surface area contributed by atoms with Crippen LogP contribution in [0.15, 0.2) is 100 Å². The fraction of sp³-hybridized carbons (Fsp3) is 0.633. The van der Waals surface area contributed by atoms with E-state index in [2.05, 4.69) is 101 Å². The number of aromatic nitrogens is 16. The Bertz CT molecular complexity index is 4350. The maximum atomic E-state index is 13.1. The smallest absolute Gasteiger partial charge is 0.276 e. The van der Waals surface area contributed by atoms with Crippen molar-refractivity contribution in [1.82, 2.24) is 93.8 Å². The third kappa shape index (κ3) is 13.3. The van der Waals surface area contributed by atoms with Crippen molar-refractivity contribution in [2.24, 2.45) is 71.0 Å². The number of benzene rings is 1. The van der Waals surface area contributed by atoms with Gasteiger partial charge in [-0.25, -0.2) is 48.4 Å². The largest absolute Gasteiger partial charge is 0.400 e. The van der Waals surface area contributed by atoms with Gasteiger partial charge in [-0.3, -0.25) is 24.2 Å². The lowest BCUT2D eigenvalue weighted by Gasteiger charge is -2.56. The molecule has 6 unspecified atom stereocenters. The number of nitrogens with one attached hydrogen (secondary N) is 4. The number of H-pyrrole nitrogens is 3. The molecule has 23 nitrogen and oxygen atoms in total. The van der Waals surface area contributed by atoms with E-state index in [9.17, 15) is 14.4 Å². The first kappa shape index (κ1) is 69.9. The summed E-state index contributed by atoms with van der Waals surface area (Å²) in [6.07, 6.45) is 35.8. The molecule has 15 fully saturated rings. The van der Waals surface area contributed by atoms with Gasteiger partial charge >= 0.3 is 0 Å². The highest BCUT2D eigenvalue weighted by atomic mass is 35.5. The van der Waals surface area contributed by atoms with Crippen LogP contribution in [0, 0.1) is 71.0 Å². The zero-order valence-corrected chi connectivity index (χ0v) is 60.3. The van der Waals surface area contributed by atoms with Crippen molar-refractivity contribution in [2.45, 2.75) is 197 Å². The summed E-state index contributed by atoms with van der Waals surface area (Å²) in [6, 6.07) is 14.2. The predicted octanol–water partition coefficient (Wildman–Crippen LogP) is 10.7. The Balaban J connectivity index is 0.000000112. The van der Waals surface area contributed by atoms with Gasteiger partial charge in [0.15, 0.2) is 16.6 Å². The lowest BCUT2D eigenvalue weighted by atomic mass is 9.49. The summed E-state index contributed by atoms with van der Waals surface area (Å²) in [6.45, 7) is 14.0. The fourth-order valence-electron chi connectivity index (χ4n) is 23.6. The Kier molecular flexibility index (Phi) is 19.3. The maximum absolute atomic E-state index is 13.1. The Hall–Kier alpha value is -7.44. The topological polar surface area (TPSA) is 279 Å². The van der Waals surface area contributed by atoms with Gasteiger partial charge < -0.3 is 25.4 Å². The van der Waals surface area contributed by atoms with Crippen molar-refractivity contribution in [3.8, 4) is 0 Å². The van der Waals surface area contributed by atoms with Crippen molar-refractivity contribution >= 4 is 28.2 Å². The van der Waals surface area contributed by atoms with E-state index in [0.29, 0.717) is 46.0 Å². The number of halogens is 1. The minimum atomic E-state index is -0.0690. The second-order valence-electron chi connectivity index (χ2n) is 34.0. The van der Waals surface area contributed by atoms with Crippen LogP contribution in [-0.2, 0) is 35.2 Å². The second kappa shape index (κ2) is 28.5. The number of likely N-dealkylation sites (tertiary alicyclic amines) is 2. The first-order valence-electron chi connectivity index (χ1n) is 38.3. The quantitative estimate of drug-likeness (QED) is 0.0753. The lowest BCUT2D eigenvalue weighted by Crippen LogP contribution is -2.49. The average molecular weight is 1420 g/mol. The van der Waals surface area contributed by atoms with Crippen molar-refractivity contribution in [1.29, 1.82) is 0 Å². The molecule has 15 aliphatic rings. The molecule has 546 valence electrons. The summed E-state index contributed by atoms with van der Waals surface area (Å²) in [7, 11) is 1.00. The number of hydrogen-bond donors (Lipinski definition) is 5. The molecule has 12 bridgehead atoms. The van der Waals surface area contributed by atoms with Crippen LogP contribution in [0.5, 0.6) is 0 Å². The molecule has 3 saturated heterocycles. The molecular weight excluding hydrogens is 1310 g/mol. The first-order valence-corrected chi connectivity index (χ1v) is 38.9. The molecule has 103 heavy (non-hydrogen) atoms. The second-order valence-corrected chi connectivity index (χ2v) is 34.3. The fourth-order valence-corrected chi connectivity index (χ4v) is 23.8. The minimum absolute atomic E-state index is 0. The molecule has 0 radical (unpaired) electrons.